The Morgan fingerprint density at radius 3 is 2.84 bits per heavy atom. The van der Waals surface area contributed by atoms with E-state index in [1.165, 1.54) is 16.0 Å². The molecule has 4 rings (SSSR count). The first-order valence-corrected chi connectivity index (χ1v) is 10.9. The smallest absolute Gasteiger partial charge is 0.254 e. The van der Waals surface area contributed by atoms with Crippen molar-refractivity contribution in [3.63, 3.8) is 0 Å². The van der Waals surface area contributed by atoms with Crippen LogP contribution in [0.3, 0.4) is 0 Å². The van der Waals surface area contributed by atoms with Crippen LogP contribution >= 0.6 is 34.4 Å². The number of nitrogens with zero attached hydrogens (tertiary/aromatic N) is 2. The summed E-state index contributed by atoms with van der Waals surface area (Å²) in [6.45, 7) is 3.56. The van der Waals surface area contributed by atoms with Crippen LogP contribution in [0.4, 0.5) is 0 Å². The van der Waals surface area contributed by atoms with Gasteiger partial charge in [0, 0.05) is 40.4 Å². The molecular formula is C19H18N2OS3. The van der Waals surface area contributed by atoms with Gasteiger partial charge < -0.3 is 4.90 Å². The molecule has 0 fully saturated rings. The van der Waals surface area contributed by atoms with Crippen LogP contribution in [0.2, 0.25) is 0 Å². The molecular weight excluding hydrogens is 368 g/mol. The van der Waals surface area contributed by atoms with Crippen LogP contribution in [0.15, 0.2) is 45.4 Å². The molecule has 0 atom stereocenters. The minimum atomic E-state index is 0.131. The van der Waals surface area contributed by atoms with Crippen molar-refractivity contribution in [1.82, 2.24) is 9.88 Å². The number of thiophene rings is 1. The fraction of sp³-hybridized carbons (Fsp3) is 0.263. The zero-order valence-corrected chi connectivity index (χ0v) is 16.3. The molecule has 25 heavy (non-hydrogen) atoms. The minimum Gasteiger partial charge on any atom is -0.334 e. The average Bonchev–Trinajstić information content (AvgIpc) is 3.27. The lowest BCUT2D eigenvalue weighted by Gasteiger charge is -2.27. The van der Waals surface area contributed by atoms with E-state index in [0.29, 0.717) is 0 Å². The second-order valence-corrected chi connectivity index (χ2v) is 9.17. The summed E-state index contributed by atoms with van der Waals surface area (Å²) in [6.07, 6.45) is 0.973. The van der Waals surface area contributed by atoms with E-state index < -0.39 is 0 Å². The van der Waals surface area contributed by atoms with Crippen LogP contribution in [0.5, 0.6) is 0 Å². The highest BCUT2D eigenvalue weighted by atomic mass is 32.2. The van der Waals surface area contributed by atoms with Gasteiger partial charge in [-0.25, -0.2) is 4.98 Å². The molecule has 0 spiro atoms. The van der Waals surface area contributed by atoms with E-state index in [4.69, 9.17) is 0 Å². The van der Waals surface area contributed by atoms with E-state index in [0.717, 1.165) is 40.9 Å². The fourth-order valence-corrected chi connectivity index (χ4v) is 5.59. The summed E-state index contributed by atoms with van der Waals surface area (Å²) in [4.78, 5) is 20.6. The molecule has 1 amide bonds. The van der Waals surface area contributed by atoms with Gasteiger partial charge >= 0.3 is 0 Å². The predicted molar refractivity (Wildman–Crippen MR) is 106 cm³/mol. The molecule has 0 radical (unpaired) electrons. The molecule has 3 nitrogen and oxygen atoms in total. The second-order valence-electron chi connectivity index (χ2n) is 6.09. The second kappa shape index (κ2) is 7.32. The van der Waals surface area contributed by atoms with Crippen LogP contribution in [0.1, 0.15) is 32.1 Å². The lowest BCUT2D eigenvalue weighted by atomic mass is 10.1. The number of aryl methyl sites for hydroxylation is 1. The van der Waals surface area contributed by atoms with E-state index in [-0.39, 0.29) is 5.91 Å². The largest absolute Gasteiger partial charge is 0.334 e. The Bertz CT molecular complexity index is 882. The summed E-state index contributed by atoms with van der Waals surface area (Å²) in [5, 5.41) is 4.19. The van der Waals surface area contributed by atoms with Crippen LogP contribution < -0.4 is 0 Å². The van der Waals surface area contributed by atoms with Gasteiger partial charge in [-0.2, -0.15) is 0 Å². The Hall–Kier alpha value is -1.63. The molecule has 1 aliphatic heterocycles. The molecule has 1 aliphatic rings. The summed E-state index contributed by atoms with van der Waals surface area (Å²) in [7, 11) is 0. The number of thiazole rings is 1. The van der Waals surface area contributed by atoms with Gasteiger partial charge in [-0.1, -0.05) is 23.9 Å². The van der Waals surface area contributed by atoms with E-state index in [1.807, 2.05) is 24.0 Å². The Morgan fingerprint density at radius 2 is 2.08 bits per heavy atom. The van der Waals surface area contributed by atoms with Gasteiger partial charge in [-0.05, 0) is 48.1 Å². The Balaban J connectivity index is 1.39. The number of fused-ring (bicyclic) bond motifs is 1. The molecule has 3 heterocycles. The van der Waals surface area contributed by atoms with Crippen molar-refractivity contribution >= 4 is 40.3 Å². The summed E-state index contributed by atoms with van der Waals surface area (Å²) >= 11 is 5.22. The van der Waals surface area contributed by atoms with Gasteiger partial charge in [-0.15, -0.1) is 22.7 Å². The molecule has 3 aromatic rings. The van der Waals surface area contributed by atoms with Gasteiger partial charge in [0.15, 0.2) is 0 Å². The maximum Gasteiger partial charge on any atom is 0.254 e. The number of amides is 1. The number of hydrogen-bond donors (Lipinski definition) is 0. The van der Waals surface area contributed by atoms with Gasteiger partial charge in [0.2, 0.25) is 0 Å². The number of thioether (sulfide) groups is 1. The highest BCUT2D eigenvalue weighted by Crippen LogP contribution is 2.27. The maximum atomic E-state index is 12.7. The quantitative estimate of drug-likeness (QED) is 0.591. The van der Waals surface area contributed by atoms with E-state index in [1.54, 1.807) is 34.4 Å². The SMILES string of the molecule is Cc1csc(SCc2ccc(C(=O)N3CCc4sccc4C3)cc2)n1. The van der Waals surface area contributed by atoms with Gasteiger partial charge in [0.1, 0.15) is 4.34 Å². The molecule has 0 aliphatic carbocycles. The van der Waals surface area contributed by atoms with Crippen LogP contribution in [0.25, 0.3) is 0 Å². The monoisotopic (exact) mass is 386 g/mol. The normalized spacial score (nSPS) is 13.7. The number of rotatable bonds is 4. The Labute approximate surface area is 159 Å². The van der Waals surface area contributed by atoms with Crippen molar-refractivity contribution in [2.45, 2.75) is 30.0 Å². The van der Waals surface area contributed by atoms with Crippen LogP contribution in [-0.4, -0.2) is 22.3 Å². The third kappa shape index (κ3) is 3.81. The van der Waals surface area contributed by atoms with Gasteiger partial charge in [-0.3, -0.25) is 4.79 Å². The van der Waals surface area contributed by atoms with E-state index in [9.17, 15) is 4.79 Å². The van der Waals surface area contributed by atoms with Crippen molar-refractivity contribution in [1.29, 1.82) is 0 Å². The summed E-state index contributed by atoms with van der Waals surface area (Å²) in [6, 6.07) is 10.2. The topological polar surface area (TPSA) is 33.2 Å². The van der Waals surface area contributed by atoms with Crippen molar-refractivity contribution in [3.05, 3.63) is 68.4 Å². The molecule has 0 bridgehead atoms. The number of benzene rings is 1. The predicted octanol–water partition coefficient (Wildman–Crippen LogP) is 5.00. The molecule has 0 saturated heterocycles. The minimum absolute atomic E-state index is 0.131. The number of carbonyl (C=O) groups is 1. The lowest BCUT2D eigenvalue weighted by Crippen LogP contribution is -2.35. The highest BCUT2D eigenvalue weighted by Gasteiger charge is 2.22. The number of aromatic nitrogens is 1. The molecule has 0 unspecified atom stereocenters. The number of hydrogen-bond acceptors (Lipinski definition) is 5. The van der Waals surface area contributed by atoms with Crippen molar-refractivity contribution in [3.8, 4) is 0 Å². The van der Waals surface area contributed by atoms with E-state index in [2.05, 4.69) is 33.9 Å². The zero-order valence-electron chi connectivity index (χ0n) is 13.9. The van der Waals surface area contributed by atoms with Gasteiger partial charge in [0.25, 0.3) is 5.91 Å². The number of carbonyl (C=O) groups excluding carboxylic acids is 1. The van der Waals surface area contributed by atoms with Crippen molar-refractivity contribution in [2.24, 2.45) is 0 Å². The average molecular weight is 387 g/mol. The maximum absolute atomic E-state index is 12.7. The molecule has 0 saturated carbocycles. The van der Waals surface area contributed by atoms with Gasteiger partial charge in [0.05, 0.1) is 0 Å². The molecule has 1 aromatic carbocycles. The lowest BCUT2D eigenvalue weighted by molar-refractivity contribution is 0.0736. The summed E-state index contributed by atoms with van der Waals surface area (Å²) < 4.78 is 1.09. The van der Waals surface area contributed by atoms with Crippen molar-refractivity contribution in [2.75, 3.05) is 6.54 Å². The first-order chi connectivity index (χ1) is 12.2. The van der Waals surface area contributed by atoms with Crippen LogP contribution in [0, 0.1) is 6.92 Å². The summed E-state index contributed by atoms with van der Waals surface area (Å²) in [5.41, 5.74) is 4.37. The van der Waals surface area contributed by atoms with Crippen LogP contribution in [-0.2, 0) is 18.7 Å². The molecule has 128 valence electrons. The summed E-state index contributed by atoms with van der Waals surface area (Å²) in [5.74, 6) is 1.01. The Morgan fingerprint density at radius 1 is 1.24 bits per heavy atom. The standard InChI is InChI=1S/C19H18N2OS3/c1-13-11-24-19(20-13)25-12-14-2-4-15(5-3-14)18(22)21-8-6-17-16(10-21)7-9-23-17/h2-5,7,9,11H,6,8,10,12H2,1H3. The molecule has 0 N–H and O–H groups in total. The first kappa shape index (κ1) is 16.8. The van der Waals surface area contributed by atoms with Crippen molar-refractivity contribution < 1.29 is 4.79 Å². The molecule has 2 aromatic heterocycles. The molecule has 6 heteroatoms. The highest BCUT2D eigenvalue weighted by molar-refractivity contribution is 8.00. The Kier molecular flexibility index (Phi) is 4.92. The third-order valence-electron chi connectivity index (χ3n) is 4.26. The zero-order chi connectivity index (χ0) is 17.2. The fourth-order valence-electron chi connectivity index (χ4n) is 2.89. The van der Waals surface area contributed by atoms with E-state index >= 15 is 0 Å². The first-order valence-electron chi connectivity index (χ1n) is 8.17. The third-order valence-corrected chi connectivity index (χ3v) is 7.49.